The highest BCUT2D eigenvalue weighted by Crippen LogP contribution is 2.00. The number of Topliss-reactive ketones (excluding diaryl/α,β-unsaturated/α-hetero) is 1. The summed E-state index contributed by atoms with van der Waals surface area (Å²) in [5.41, 5.74) is 0. The normalized spacial score (nSPS) is 9.00. The van der Waals surface area contributed by atoms with Crippen molar-refractivity contribution in [3.8, 4) is 0 Å². The molecule has 0 bridgehead atoms. The van der Waals surface area contributed by atoms with Gasteiger partial charge < -0.3 is 8.62 Å². The summed E-state index contributed by atoms with van der Waals surface area (Å²) in [4.78, 5) is 20.8. The van der Waals surface area contributed by atoms with Gasteiger partial charge in [0.25, 0.3) is 0 Å². The van der Waals surface area contributed by atoms with Crippen molar-refractivity contribution >= 4 is 28.0 Å². The molecule has 0 aromatic carbocycles. The van der Waals surface area contributed by atoms with Crippen molar-refractivity contribution in [2.45, 2.75) is 26.2 Å². The van der Waals surface area contributed by atoms with Crippen LogP contribution in [0.5, 0.6) is 0 Å². The fourth-order valence-electron chi connectivity index (χ4n) is 0.520. The Morgan fingerprint density at radius 1 is 1.40 bits per heavy atom. The molecule has 0 aromatic heterocycles. The Morgan fingerprint density at radius 2 is 2.00 bits per heavy atom. The van der Waals surface area contributed by atoms with Gasteiger partial charge in [0.1, 0.15) is 5.78 Å². The molecule has 0 aromatic rings. The molecule has 0 aliphatic rings. The number of carbonyl (C=O) groups is 2. The minimum atomic E-state index is -0.332. The summed E-state index contributed by atoms with van der Waals surface area (Å²) in [6.07, 6.45) is 1.31. The smallest absolute Gasteiger partial charge is 0.317 e. The summed E-state index contributed by atoms with van der Waals surface area (Å²) in [5.74, 6) is -0.233. The van der Waals surface area contributed by atoms with Crippen LogP contribution < -0.4 is 0 Å². The third-order valence-electron chi connectivity index (χ3n) is 0.996. The molecule has 0 saturated heterocycles. The maximum Gasteiger partial charge on any atom is 0.317 e. The van der Waals surface area contributed by atoms with Crippen molar-refractivity contribution in [1.29, 1.82) is 0 Å². The van der Waals surface area contributed by atoms with Gasteiger partial charge in [0.15, 0.2) is 16.3 Å². The second-order valence-corrected chi connectivity index (χ2v) is 2.33. The quantitative estimate of drug-likeness (QED) is 0.706. The Labute approximate surface area is 68.2 Å². The van der Waals surface area contributed by atoms with Crippen LogP contribution in [-0.4, -0.2) is 11.8 Å². The zero-order valence-corrected chi connectivity index (χ0v) is 7.31. The molecule has 0 spiro atoms. The van der Waals surface area contributed by atoms with Crippen molar-refractivity contribution in [3.05, 3.63) is 0 Å². The van der Waals surface area contributed by atoms with Gasteiger partial charge in [-0.2, -0.15) is 0 Å². The molecule has 0 unspecified atom stereocenters. The molecule has 0 saturated carbocycles. The van der Waals surface area contributed by atoms with Crippen LogP contribution in [0.25, 0.3) is 0 Å². The van der Waals surface area contributed by atoms with Gasteiger partial charge in [-0.3, -0.25) is 4.79 Å². The summed E-state index contributed by atoms with van der Waals surface area (Å²) in [6, 6.07) is 0. The summed E-state index contributed by atoms with van der Waals surface area (Å²) in [6.45, 7) is 1.50. The van der Waals surface area contributed by atoms with E-state index in [9.17, 15) is 9.59 Å². The van der Waals surface area contributed by atoms with Crippen molar-refractivity contribution in [3.63, 3.8) is 0 Å². The van der Waals surface area contributed by atoms with E-state index in [2.05, 4.69) is 20.1 Å². The summed E-state index contributed by atoms with van der Waals surface area (Å²) in [7, 11) is 0. The van der Waals surface area contributed by atoms with Crippen LogP contribution in [0.4, 0.5) is 0 Å². The van der Waals surface area contributed by atoms with Crippen LogP contribution >= 0.6 is 16.3 Å². The monoisotopic (exact) mass is 208 g/mol. The first-order valence-corrected chi connectivity index (χ1v) is 3.62. The van der Waals surface area contributed by atoms with Crippen LogP contribution in [0.15, 0.2) is 0 Å². The van der Waals surface area contributed by atoms with Crippen LogP contribution in [0.1, 0.15) is 26.2 Å². The first-order chi connectivity index (χ1) is 4.66. The maximum absolute atomic E-state index is 10.4. The number of ketones is 1. The predicted octanol–water partition coefficient (Wildman–Crippen LogP) is 1.60. The highest BCUT2D eigenvalue weighted by Gasteiger charge is 2.01. The second-order valence-electron chi connectivity index (χ2n) is 2.00. The SMILES string of the molecule is CC(=O)CCCC(=O)OBr. The van der Waals surface area contributed by atoms with Crippen molar-refractivity contribution < 1.29 is 13.4 Å². The highest BCUT2D eigenvalue weighted by molar-refractivity contribution is 9.06. The van der Waals surface area contributed by atoms with Crippen LogP contribution in [0.2, 0.25) is 0 Å². The molecule has 0 fully saturated rings. The Kier molecular flexibility index (Phi) is 5.20. The van der Waals surface area contributed by atoms with Gasteiger partial charge in [-0.1, -0.05) is 0 Å². The summed E-state index contributed by atoms with van der Waals surface area (Å²) < 4.78 is 4.19. The topological polar surface area (TPSA) is 43.4 Å². The minimum absolute atomic E-state index is 0.0994. The standard InChI is InChI=1S/C6H9BrO3/c1-5(8)3-2-4-6(9)10-7/h2-4H2,1H3. The lowest BCUT2D eigenvalue weighted by molar-refractivity contribution is -0.132. The molecule has 3 nitrogen and oxygen atoms in total. The average Bonchev–Trinajstić information content (AvgIpc) is 1.87. The predicted molar refractivity (Wildman–Crippen MR) is 39.6 cm³/mol. The fourth-order valence-corrected chi connectivity index (χ4v) is 0.682. The van der Waals surface area contributed by atoms with Crippen molar-refractivity contribution in [2.75, 3.05) is 0 Å². The van der Waals surface area contributed by atoms with E-state index in [1.54, 1.807) is 0 Å². The largest absolute Gasteiger partial charge is 0.384 e. The number of hydrogen-bond acceptors (Lipinski definition) is 3. The Morgan fingerprint density at radius 3 is 2.40 bits per heavy atom. The number of carbonyl (C=O) groups excluding carboxylic acids is 2. The van der Waals surface area contributed by atoms with E-state index in [1.807, 2.05) is 0 Å². The lowest BCUT2D eigenvalue weighted by Crippen LogP contribution is -1.98. The molecular formula is C6H9BrO3. The van der Waals surface area contributed by atoms with Gasteiger partial charge in [0.2, 0.25) is 0 Å². The fraction of sp³-hybridized carbons (Fsp3) is 0.667. The molecule has 0 radical (unpaired) electrons. The number of hydrogen-bond donors (Lipinski definition) is 0. The van der Waals surface area contributed by atoms with Gasteiger partial charge in [0.05, 0.1) is 0 Å². The first-order valence-electron chi connectivity index (χ1n) is 2.97. The van der Waals surface area contributed by atoms with Crippen LogP contribution in [-0.2, 0) is 13.4 Å². The first kappa shape index (κ1) is 9.62. The van der Waals surface area contributed by atoms with Gasteiger partial charge in [-0.05, 0) is 13.3 Å². The molecule has 4 heteroatoms. The molecule has 10 heavy (non-hydrogen) atoms. The third kappa shape index (κ3) is 5.75. The Balaban J connectivity index is 3.20. The van der Waals surface area contributed by atoms with E-state index in [0.717, 1.165) is 0 Å². The third-order valence-corrected chi connectivity index (χ3v) is 1.36. The van der Waals surface area contributed by atoms with E-state index < -0.39 is 0 Å². The zero-order chi connectivity index (χ0) is 7.98. The molecule has 0 atom stereocenters. The van der Waals surface area contributed by atoms with Crippen LogP contribution in [0.3, 0.4) is 0 Å². The number of rotatable bonds is 4. The molecule has 58 valence electrons. The molecule has 0 aliphatic heterocycles. The highest BCUT2D eigenvalue weighted by atomic mass is 79.9. The second kappa shape index (κ2) is 5.41. The average molecular weight is 209 g/mol. The summed E-state index contributed by atoms with van der Waals surface area (Å²) in [5, 5.41) is 0. The molecular weight excluding hydrogens is 200 g/mol. The zero-order valence-electron chi connectivity index (χ0n) is 5.72. The van der Waals surface area contributed by atoms with E-state index in [4.69, 9.17) is 0 Å². The maximum atomic E-state index is 10.4. The minimum Gasteiger partial charge on any atom is -0.384 e. The lowest BCUT2D eigenvalue weighted by atomic mass is 10.2. The Bertz CT molecular complexity index is 133. The van der Waals surface area contributed by atoms with Crippen molar-refractivity contribution in [1.82, 2.24) is 0 Å². The molecule has 0 amide bonds. The molecule has 0 N–H and O–H groups in total. The van der Waals surface area contributed by atoms with Gasteiger partial charge in [-0.15, -0.1) is 0 Å². The van der Waals surface area contributed by atoms with E-state index >= 15 is 0 Å². The van der Waals surface area contributed by atoms with E-state index in [-0.39, 0.29) is 11.8 Å². The summed E-state index contributed by atoms with van der Waals surface area (Å²) >= 11 is 2.55. The van der Waals surface area contributed by atoms with Crippen LogP contribution in [0, 0.1) is 0 Å². The Hall–Kier alpha value is -0.380. The van der Waals surface area contributed by atoms with Gasteiger partial charge in [0, 0.05) is 12.8 Å². The molecule has 0 rings (SSSR count). The van der Waals surface area contributed by atoms with Gasteiger partial charge >= 0.3 is 5.97 Å². The van der Waals surface area contributed by atoms with Crippen molar-refractivity contribution in [2.24, 2.45) is 0 Å². The van der Waals surface area contributed by atoms with Gasteiger partial charge in [-0.25, -0.2) is 0 Å². The van der Waals surface area contributed by atoms with E-state index in [1.165, 1.54) is 6.92 Å². The molecule has 0 heterocycles. The lowest BCUT2D eigenvalue weighted by Gasteiger charge is -1.93. The van der Waals surface area contributed by atoms with E-state index in [0.29, 0.717) is 19.3 Å². The number of halogens is 1. The molecule has 0 aliphatic carbocycles.